The molecule has 2 aromatic carbocycles. The van der Waals surface area contributed by atoms with E-state index in [1.807, 2.05) is 30.3 Å². The van der Waals surface area contributed by atoms with E-state index >= 15 is 0 Å². The molecule has 0 radical (unpaired) electrons. The molecule has 0 amide bonds. The van der Waals surface area contributed by atoms with Crippen molar-refractivity contribution in [2.24, 2.45) is 5.92 Å². The van der Waals surface area contributed by atoms with E-state index < -0.39 is 11.2 Å². The number of hydrogen-bond donors (Lipinski definition) is 2. The highest BCUT2D eigenvalue weighted by Crippen LogP contribution is 2.39. The van der Waals surface area contributed by atoms with Crippen LogP contribution in [0.5, 0.6) is 0 Å². The van der Waals surface area contributed by atoms with Crippen molar-refractivity contribution >= 4 is 0 Å². The molecule has 1 aliphatic rings. The first-order valence-corrected chi connectivity index (χ1v) is 10.8. The number of benzene rings is 2. The molecular formula is C26H34O3. The van der Waals surface area contributed by atoms with Crippen LogP contribution in [0.4, 0.5) is 0 Å². The molecule has 3 nitrogen and oxygen atoms in total. The molecule has 0 aromatic heterocycles. The van der Waals surface area contributed by atoms with Gasteiger partial charge in [-0.2, -0.15) is 0 Å². The van der Waals surface area contributed by atoms with Gasteiger partial charge < -0.3 is 14.9 Å². The number of ether oxygens (including phenoxy) is 1. The molecule has 3 atom stereocenters. The smallest absolute Gasteiger partial charge is 0.0968 e. The lowest BCUT2D eigenvalue weighted by Gasteiger charge is -2.42. The van der Waals surface area contributed by atoms with Gasteiger partial charge in [0.15, 0.2) is 0 Å². The first-order chi connectivity index (χ1) is 14.1. The van der Waals surface area contributed by atoms with Crippen molar-refractivity contribution in [1.29, 1.82) is 0 Å². The summed E-state index contributed by atoms with van der Waals surface area (Å²) in [4.78, 5) is 0. The summed E-state index contributed by atoms with van der Waals surface area (Å²) < 4.78 is 6.67. The van der Waals surface area contributed by atoms with Crippen LogP contribution in [0.3, 0.4) is 0 Å². The monoisotopic (exact) mass is 394 g/mol. The van der Waals surface area contributed by atoms with E-state index in [2.05, 4.69) is 43.0 Å². The zero-order valence-electron chi connectivity index (χ0n) is 17.3. The van der Waals surface area contributed by atoms with Gasteiger partial charge in [0.1, 0.15) is 0 Å². The van der Waals surface area contributed by atoms with Gasteiger partial charge in [-0.3, -0.25) is 0 Å². The summed E-state index contributed by atoms with van der Waals surface area (Å²) in [6.45, 7) is 4.23. The quantitative estimate of drug-likeness (QED) is 0.556. The van der Waals surface area contributed by atoms with Crippen molar-refractivity contribution < 1.29 is 14.9 Å². The van der Waals surface area contributed by atoms with Crippen LogP contribution in [0.15, 0.2) is 73.3 Å². The maximum absolute atomic E-state index is 10.9. The third-order valence-electron chi connectivity index (χ3n) is 6.44. The van der Waals surface area contributed by atoms with Gasteiger partial charge in [-0.15, -0.1) is 6.58 Å². The highest BCUT2D eigenvalue weighted by Gasteiger charge is 2.41. The summed E-state index contributed by atoms with van der Waals surface area (Å²) in [5.74, 6) is -0.0501. The minimum Gasteiger partial charge on any atom is -0.393 e. The van der Waals surface area contributed by atoms with Crippen LogP contribution in [0.2, 0.25) is 0 Å². The summed E-state index contributed by atoms with van der Waals surface area (Å²) in [5.41, 5.74) is 0.894. The van der Waals surface area contributed by atoms with Gasteiger partial charge >= 0.3 is 0 Å². The highest BCUT2D eigenvalue weighted by molar-refractivity contribution is 5.25. The second-order valence-corrected chi connectivity index (χ2v) is 8.35. The van der Waals surface area contributed by atoms with Crippen LogP contribution in [-0.4, -0.2) is 29.0 Å². The fourth-order valence-corrected chi connectivity index (χ4v) is 4.55. The Bertz CT molecular complexity index is 745. The van der Waals surface area contributed by atoms with Gasteiger partial charge in [0.25, 0.3) is 0 Å². The van der Waals surface area contributed by atoms with E-state index in [0.717, 1.165) is 37.7 Å². The van der Waals surface area contributed by atoms with Gasteiger partial charge in [0.05, 0.1) is 24.4 Å². The largest absolute Gasteiger partial charge is 0.393 e. The third kappa shape index (κ3) is 5.36. The number of aliphatic hydroxyl groups is 2. The fourth-order valence-electron chi connectivity index (χ4n) is 4.55. The van der Waals surface area contributed by atoms with Gasteiger partial charge in [0, 0.05) is 5.92 Å². The first kappa shape index (κ1) is 21.8. The number of aliphatic hydroxyl groups excluding tert-OH is 1. The third-order valence-corrected chi connectivity index (χ3v) is 6.44. The Morgan fingerprint density at radius 1 is 1.07 bits per heavy atom. The summed E-state index contributed by atoms with van der Waals surface area (Å²) in [6.07, 6.45) is 7.91. The first-order valence-electron chi connectivity index (χ1n) is 10.8. The average Bonchev–Trinajstić information content (AvgIpc) is 2.78. The van der Waals surface area contributed by atoms with Gasteiger partial charge in [-0.25, -0.2) is 0 Å². The Morgan fingerprint density at radius 2 is 1.76 bits per heavy atom. The van der Waals surface area contributed by atoms with Gasteiger partial charge in [-0.1, -0.05) is 79.6 Å². The van der Waals surface area contributed by atoms with Crippen molar-refractivity contribution in [3.05, 3.63) is 84.4 Å². The summed E-state index contributed by atoms with van der Waals surface area (Å²) in [6, 6.07) is 20.8. The highest BCUT2D eigenvalue weighted by atomic mass is 16.5. The minimum absolute atomic E-state index is 0.0501. The molecule has 2 aromatic rings. The lowest BCUT2D eigenvalue weighted by molar-refractivity contribution is -0.142. The van der Waals surface area contributed by atoms with Crippen LogP contribution < -0.4 is 0 Å². The molecule has 3 rings (SSSR count). The SMILES string of the molecule is C=CC[C@@](CCc1ccccc1)(OC[C@@H]1CCCC[C@]1(O)CO)c1ccccc1. The Labute approximate surface area is 175 Å². The predicted octanol–water partition coefficient (Wildman–Crippen LogP) is 5.02. The molecule has 0 unspecified atom stereocenters. The number of hydrogen-bond acceptors (Lipinski definition) is 3. The van der Waals surface area contributed by atoms with Crippen molar-refractivity contribution in [1.82, 2.24) is 0 Å². The summed E-state index contributed by atoms with van der Waals surface area (Å²) in [5, 5.41) is 20.7. The molecule has 3 heteroatoms. The van der Waals surface area contributed by atoms with Gasteiger partial charge in [0.2, 0.25) is 0 Å². The van der Waals surface area contributed by atoms with Crippen LogP contribution in [-0.2, 0) is 16.8 Å². The maximum atomic E-state index is 10.9. The zero-order valence-corrected chi connectivity index (χ0v) is 17.3. The molecule has 156 valence electrons. The van der Waals surface area contributed by atoms with Crippen LogP contribution in [0, 0.1) is 5.92 Å². The Hall–Kier alpha value is -1.94. The lowest BCUT2D eigenvalue weighted by atomic mass is 9.76. The normalized spacial score (nSPS) is 24.0. The van der Waals surface area contributed by atoms with E-state index in [4.69, 9.17) is 4.74 Å². The maximum Gasteiger partial charge on any atom is 0.0968 e. The van der Waals surface area contributed by atoms with Crippen LogP contribution in [0.1, 0.15) is 49.7 Å². The van der Waals surface area contributed by atoms with Crippen LogP contribution >= 0.6 is 0 Å². The molecular weight excluding hydrogens is 360 g/mol. The van der Waals surface area contributed by atoms with Gasteiger partial charge in [-0.05, 0) is 43.2 Å². The van der Waals surface area contributed by atoms with Crippen LogP contribution in [0.25, 0.3) is 0 Å². The molecule has 1 saturated carbocycles. The average molecular weight is 395 g/mol. The molecule has 1 fully saturated rings. The van der Waals surface area contributed by atoms with Crippen molar-refractivity contribution in [3.8, 4) is 0 Å². The van der Waals surface area contributed by atoms with Crippen molar-refractivity contribution in [2.45, 2.75) is 56.1 Å². The van der Waals surface area contributed by atoms with Crippen molar-refractivity contribution in [3.63, 3.8) is 0 Å². The summed E-state index contributed by atoms with van der Waals surface area (Å²) >= 11 is 0. The Morgan fingerprint density at radius 3 is 2.41 bits per heavy atom. The molecule has 1 aliphatic carbocycles. The van der Waals surface area contributed by atoms with E-state index in [-0.39, 0.29) is 12.5 Å². The lowest BCUT2D eigenvalue weighted by Crippen LogP contribution is -2.47. The molecule has 0 bridgehead atoms. The second-order valence-electron chi connectivity index (χ2n) is 8.35. The zero-order chi connectivity index (χ0) is 20.6. The van der Waals surface area contributed by atoms with E-state index in [1.54, 1.807) is 0 Å². The molecule has 0 heterocycles. The predicted molar refractivity (Wildman–Crippen MR) is 118 cm³/mol. The fraction of sp³-hybridized carbons (Fsp3) is 0.462. The topological polar surface area (TPSA) is 49.7 Å². The molecule has 2 N–H and O–H groups in total. The minimum atomic E-state index is -1.03. The van der Waals surface area contributed by atoms with Crippen molar-refractivity contribution in [2.75, 3.05) is 13.2 Å². The summed E-state index contributed by atoms with van der Waals surface area (Å²) in [7, 11) is 0. The Balaban J connectivity index is 1.83. The number of aryl methyl sites for hydroxylation is 1. The number of rotatable bonds is 10. The van der Waals surface area contributed by atoms with E-state index in [0.29, 0.717) is 19.4 Å². The second kappa shape index (κ2) is 10.2. The van der Waals surface area contributed by atoms with E-state index in [9.17, 15) is 10.2 Å². The standard InChI is InChI=1S/C26H34O3/c1-2-17-26(23-13-7-4-8-14-23,19-16-22-11-5-3-6-12-22)29-20-24-15-9-10-18-25(24,28)21-27/h2-8,11-14,24,27-28H,1,9-10,15-21H2/t24-,25-,26-/m0/s1. The molecule has 29 heavy (non-hydrogen) atoms. The molecule has 0 spiro atoms. The van der Waals surface area contributed by atoms with E-state index in [1.165, 1.54) is 5.56 Å². The Kier molecular flexibility index (Phi) is 7.65. The molecule has 0 saturated heterocycles. The molecule has 0 aliphatic heterocycles.